The van der Waals surface area contributed by atoms with Crippen LogP contribution in [0.4, 0.5) is 0 Å². The quantitative estimate of drug-likeness (QED) is 0.786. The highest BCUT2D eigenvalue weighted by atomic mass is 16.2. The highest BCUT2D eigenvalue weighted by molar-refractivity contribution is 5.96. The first-order valence-corrected chi connectivity index (χ1v) is 5.51. The summed E-state index contributed by atoms with van der Waals surface area (Å²) < 4.78 is 0. The van der Waals surface area contributed by atoms with Crippen LogP contribution in [-0.2, 0) is 16.0 Å². The van der Waals surface area contributed by atoms with Gasteiger partial charge < -0.3 is 5.32 Å². The van der Waals surface area contributed by atoms with Crippen LogP contribution in [0.15, 0.2) is 42.5 Å². The number of Topliss-reactive ketones (excluding diaryl/α,β-unsaturated/α-hetero) is 1. The second-order valence-corrected chi connectivity index (χ2v) is 4.11. The number of ketones is 1. The van der Waals surface area contributed by atoms with Crippen LogP contribution < -0.4 is 5.32 Å². The van der Waals surface area contributed by atoms with Crippen molar-refractivity contribution in [1.82, 2.24) is 5.32 Å². The normalized spacial score (nSPS) is 11.6. The Kier molecular flexibility index (Phi) is 4.64. The molecule has 0 fully saturated rings. The van der Waals surface area contributed by atoms with Crippen LogP contribution in [-0.4, -0.2) is 17.7 Å². The third-order valence-corrected chi connectivity index (χ3v) is 2.47. The Morgan fingerprint density at radius 3 is 2.29 bits per heavy atom. The molecule has 0 aromatic heterocycles. The second kappa shape index (κ2) is 5.99. The standard InChI is InChI=1S/C14H17NO2/c1-10(2)14(17)15-13(11(3)16)9-12-7-5-4-6-8-12/h4-8,13H,1,9H2,2-3H3,(H,15,17). The topological polar surface area (TPSA) is 46.2 Å². The Balaban J connectivity index is 2.71. The Hall–Kier alpha value is -1.90. The van der Waals surface area contributed by atoms with Gasteiger partial charge in [0.05, 0.1) is 6.04 Å². The molecule has 0 aliphatic rings. The monoisotopic (exact) mass is 231 g/mol. The van der Waals surface area contributed by atoms with Gasteiger partial charge in [-0.1, -0.05) is 36.9 Å². The molecule has 17 heavy (non-hydrogen) atoms. The number of benzene rings is 1. The summed E-state index contributed by atoms with van der Waals surface area (Å²) in [7, 11) is 0. The molecule has 90 valence electrons. The van der Waals surface area contributed by atoms with Crippen molar-refractivity contribution in [3.63, 3.8) is 0 Å². The van der Waals surface area contributed by atoms with Crippen LogP contribution in [0.3, 0.4) is 0 Å². The fourth-order valence-electron chi connectivity index (χ4n) is 1.43. The number of carbonyl (C=O) groups excluding carboxylic acids is 2. The molecule has 1 N–H and O–H groups in total. The van der Waals surface area contributed by atoms with Gasteiger partial charge in [-0.15, -0.1) is 0 Å². The second-order valence-electron chi connectivity index (χ2n) is 4.11. The van der Waals surface area contributed by atoms with Gasteiger partial charge in [0.2, 0.25) is 5.91 Å². The van der Waals surface area contributed by atoms with E-state index in [9.17, 15) is 9.59 Å². The number of hydrogen-bond acceptors (Lipinski definition) is 2. The van der Waals surface area contributed by atoms with Gasteiger partial charge in [0.15, 0.2) is 5.78 Å². The Morgan fingerprint density at radius 1 is 1.24 bits per heavy atom. The summed E-state index contributed by atoms with van der Waals surface area (Å²) in [5, 5.41) is 2.68. The SMILES string of the molecule is C=C(C)C(=O)NC(Cc1ccccc1)C(C)=O. The van der Waals surface area contributed by atoms with E-state index < -0.39 is 6.04 Å². The highest BCUT2D eigenvalue weighted by Crippen LogP contribution is 2.04. The van der Waals surface area contributed by atoms with Crippen LogP contribution in [0.1, 0.15) is 19.4 Å². The van der Waals surface area contributed by atoms with Gasteiger partial charge in [-0.05, 0) is 25.8 Å². The molecule has 0 aliphatic heterocycles. The molecule has 1 rings (SSSR count). The van der Waals surface area contributed by atoms with Gasteiger partial charge in [0.1, 0.15) is 0 Å². The molecule has 0 heterocycles. The van der Waals surface area contributed by atoms with E-state index in [4.69, 9.17) is 0 Å². The maximum Gasteiger partial charge on any atom is 0.246 e. The first-order valence-electron chi connectivity index (χ1n) is 5.51. The fraction of sp³-hybridized carbons (Fsp3) is 0.286. The molecular weight excluding hydrogens is 214 g/mol. The fourth-order valence-corrected chi connectivity index (χ4v) is 1.43. The average molecular weight is 231 g/mol. The zero-order valence-electron chi connectivity index (χ0n) is 10.2. The van der Waals surface area contributed by atoms with E-state index in [2.05, 4.69) is 11.9 Å². The summed E-state index contributed by atoms with van der Waals surface area (Å²) >= 11 is 0. The van der Waals surface area contributed by atoms with E-state index in [1.807, 2.05) is 30.3 Å². The van der Waals surface area contributed by atoms with Crippen molar-refractivity contribution in [3.05, 3.63) is 48.0 Å². The summed E-state index contributed by atoms with van der Waals surface area (Å²) in [5.41, 5.74) is 1.43. The summed E-state index contributed by atoms with van der Waals surface area (Å²) in [4.78, 5) is 22.9. The van der Waals surface area contributed by atoms with Crippen LogP contribution >= 0.6 is 0 Å². The van der Waals surface area contributed by atoms with Crippen molar-refractivity contribution in [2.75, 3.05) is 0 Å². The largest absolute Gasteiger partial charge is 0.342 e. The number of hydrogen-bond donors (Lipinski definition) is 1. The van der Waals surface area contributed by atoms with Gasteiger partial charge >= 0.3 is 0 Å². The third kappa shape index (κ3) is 4.23. The van der Waals surface area contributed by atoms with Crippen molar-refractivity contribution in [3.8, 4) is 0 Å². The lowest BCUT2D eigenvalue weighted by molar-refractivity contribution is -0.124. The molecule has 1 atom stereocenters. The van der Waals surface area contributed by atoms with Crippen LogP contribution in [0.2, 0.25) is 0 Å². The van der Waals surface area contributed by atoms with E-state index in [0.29, 0.717) is 12.0 Å². The molecule has 0 aliphatic carbocycles. The van der Waals surface area contributed by atoms with Gasteiger partial charge in [0.25, 0.3) is 0 Å². The predicted molar refractivity (Wildman–Crippen MR) is 67.6 cm³/mol. The minimum Gasteiger partial charge on any atom is -0.342 e. The van der Waals surface area contributed by atoms with Gasteiger partial charge in [-0.25, -0.2) is 0 Å². The minimum atomic E-state index is -0.485. The first-order chi connectivity index (χ1) is 8.00. The summed E-state index contributed by atoms with van der Waals surface area (Å²) in [6, 6.07) is 9.12. The number of rotatable bonds is 5. The number of carbonyl (C=O) groups is 2. The highest BCUT2D eigenvalue weighted by Gasteiger charge is 2.17. The minimum absolute atomic E-state index is 0.0524. The van der Waals surface area contributed by atoms with Crippen LogP contribution in [0.5, 0.6) is 0 Å². The number of nitrogens with one attached hydrogen (secondary N) is 1. The molecule has 0 saturated heterocycles. The maximum absolute atomic E-state index is 11.5. The van der Waals surface area contributed by atoms with E-state index >= 15 is 0 Å². The lowest BCUT2D eigenvalue weighted by Crippen LogP contribution is -2.41. The molecule has 1 unspecified atom stereocenters. The smallest absolute Gasteiger partial charge is 0.246 e. The van der Waals surface area contributed by atoms with E-state index in [-0.39, 0.29) is 11.7 Å². The van der Waals surface area contributed by atoms with E-state index in [1.165, 1.54) is 6.92 Å². The molecule has 0 bridgehead atoms. The zero-order chi connectivity index (χ0) is 12.8. The van der Waals surface area contributed by atoms with Crippen molar-refractivity contribution in [2.45, 2.75) is 26.3 Å². The Labute approximate surface area is 102 Å². The molecule has 0 saturated carbocycles. The van der Waals surface area contributed by atoms with E-state index in [0.717, 1.165) is 5.56 Å². The van der Waals surface area contributed by atoms with Crippen molar-refractivity contribution in [1.29, 1.82) is 0 Å². The molecule has 0 radical (unpaired) electrons. The Morgan fingerprint density at radius 2 is 1.82 bits per heavy atom. The summed E-state index contributed by atoms with van der Waals surface area (Å²) in [6.07, 6.45) is 0.509. The molecule has 3 heteroatoms. The van der Waals surface area contributed by atoms with Crippen LogP contribution in [0.25, 0.3) is 0 Å². The molecular formula is C14H17NO2. The summed E-state index contributed by atoms with van der Waals surface area (Å²) in [6.45, 7) is 6.65. The first kappa shape index (κ1) is 13.2. The lowest BCUT2D eigenvalue weighted by atomic mass is 10.0. The molecule has 1 amide bonds. The molecule has 0 spiro atoms. The van der Waals surface area contributed by atoms with Crippen molar-refractivity contribution < 1.29 is 9.59 Å². The zero-order valence-corrected chi connectivity index (χ0v) is 10.2. The van der Waals surface area contributed by atoms with Gasteiger partial charge in [-0.3, -0.25) is 9.59 Å². The summed E-state index contributed by atoms with van der Waals surface area (Å²) in [5.74, 6) is -0.329. The van der Waals surface area contributed by atoms with E-state index in [1.54, 1.807) is 6.92 Å². The van der Waals surface area contributed by atoms with Crippen LogP contribution in [0, 0.1) is 0 Å². The predicted octanol–water partition coefficient (Wildman–Crippen LogP) is 1.88. The van der Waals surface area contributed by atoms with Crippen molar-refractivity contribution in [2.24, 2.45) is 0 Å². The Bertz CT molecular complexity index is 423. The molecule has 3 nitrogen and oxygen atoms in total. The maximum atomic E-state index is 11.5. The molecule has 1 aromatic carbocycles. The average Bonchev–Trinajstić information content (AvgIpc) is 2.29. The van der Waals surface area contributed by atoms with Gasteiger partial charge in [0, 0.05) is 5.57 Å². The number of amides is 1. The molecule has 1 aromatic rings. The van der Waals surface area contributed by atoms with Gasteiger partial charge in [-0.2, -0.15) is 0 Å². The van der Waals surface area contributed by atoms with Crippen molar-refractivity contribution >= 4 is 11.7 Å². The lowest BCUT2D eigenvalue weighted by Gasteiger charge is -2.15. The third-order valence-electron chi connectivity index (χ3n) is 2.47.